The van der Waals surface area contributed by atoms with Gasteiger partial charge in [-0.3, -0.25) is 4.79 Å². The summed E-state index contributed by atoms with van der Waals surface area (Å²) < 4.78 is 26.3. The zero-order valence-electron chi connectivity index (χ0n) is 8.56. The quantitative estimate of drug-likeness (QED) is 0.676. The predicted octanol–water partition coefficient (Wildman–Crippen LogP) is 0.382. The van der Waals surface area contributed by atoms with Crippen LogP contribution in [0.15, 0.2) is 0 Å². The Morgan fingerprint density at radius 2 is 2.00 bits per heavy atom. The lowest BCUT2D eigenvalue weighted by atomic mass is 9.92. The third-order valence-corrected chi connectivity index (χ3v) is 2.58. The number of amides is 1. The van der Waals surface area contributed by atoms with Crippen molar-refractivity contribution < 1.29 is 17.5 Å². The van der Waals surface area contributed by atoms with Gasteiger partial charge in [-0.05, 0) is 12.3 Å². The van der Waals surface area contributed by atoms with Gasteiger partial charge in [-0.25, -0.2) is 5.06 Å². The number of carbonyl (C=O) groups is 1. The molecule has 0 saturated carbocycles. The molecular weight excluding hydrogens is 206 g/mol. The smallest absolute Gasteiger partial charge is 0.272 e. The highest BCUT2D eigenvalue weighted by Crippen LogP contribution is 2.22. The summed E-state index contributed by atoms with van der Waals surface area (Å²) in [7, 11) is -3.60. The van der Waals surface area contributed by atoms with Gasteiger partial charge in [0.2, 0.25) is 5.91 Å². The lowest BCUT2D eigenvalue weighted by Crippen LogP contribution is -2.44. The molecule has 0 aliphatic carbocycles. The normalized spacial score (nSPS) is 29.4. The third kappa shape index (κ3) is 2.95. The average Bonchev–Trinajstić information content (AvgIpc) is 1.96. The minimum absolute atomic E-state index is 0.166. The van der Waals surface area contributed by atoms with E-state index in [1.165, 1.54) is 0 Å². The van der Waals surface area contributed by atoms with Gasteiger partial charge in [0.05, 0.1) is 12.8 Å². The molecule has 0 N–H and O–H groups in total. The number of hydroxylamine groups is 2. The molecule has 1 fully saturated rings. The molecule has 14 heavy (non-hydrogen) atoms. The molecule has 1 aliphatic heterocycles. The second-order valence-corrected chi connectivity index (χ2v) is 5.48. The Labute approximate surface area is 84.1 Å². The Morgan fingerprint density at radius 1 is 1.43 bits per heavy atom. The minimum atomic E-state index is -3.60. The fraction of sp³-hybridized carbons (Fsp3) is 0.875. The number of nitrogens with zero attached hydrogens (tertiary/aromatic N) is 1. The molecule has 0 aromatic rings. The topological polar surface area (TPSA) is 63.7 Å². The van der Waals surface area contributed by atoms with Crippen LogP contribution in [0.1, 0.15) is 20.3 Å². The highest BCUT2D eigenvalue weighted by molar-refractivity contribution is 7.85. The fourth-order valence-corrected chi connectivity index (χ4v) is 2.09. The summed E-state index contributed by atoms with van der Waals surface area (Å²) in [5, 5.41) is 0.953. The molecule has 1 aliphatic rings. The Kier molecular flexibility index (Phi) is 3.16. The standard InChI is InChI=1S/C8H15NO4S/c1-6-4-7(2)8(10)9(5-6)13-14(3,11)12/h6-7H,4-5H2,1-3H3/t6-,7+/m0/s1. The minimum Gasteiger partial charge on any atom is -0.272 e. The van der Waals surface area contributed by atoms with Gasteiger partial charge in [0.15, 0.2) is 0 Å². The van der Waals surface area contributed by atoms with Crippen LogP contribution in [-0.4, -0.2) is 32.2 Å². The highest BCUT2D eigenvalue weighted by atomic mass is 32.2. The molecule has 82 valence electrons. The van der Waals surface area contributed by atoms with Gasteiger partial charge in [0, 0.05) is 5.92 Å². The van der Waals surface area contributed by atoms with Gasteiger partial charge in [0.1, 0.15) is 0 Å². The maximum absolute atomic E-state index is 11.5. The van der Waals surface area contributed by atoms with Crippen LogP contribution in [0.2, 0.25) is 0 Å². The van der Waals surface area contributed by atoms with Crippen molar-refractivity contribution in [1.29, 1.82) is 0 Å². The molecule has 0 bridgehead atoms. The summed E-state index contributed by atoms with van der Waals surface area (Å²) in [5.74, 6) is -0.154. The highest BCUT2D eigenvalue weighted by Gasteiger charge is 2.32. The first-order valence-electron chi connectivity index (χ1n) is 4.50. The van der Waals surface area contributed by atoms with E-state index in [4.69, 9.17) is 0 Å². The van der Waals surface area contributed by atoms with E-state index in [-0.39, 0.29) is 17.7 Å². The second-order valence-electron chi connectivity index (χ2n) is 3.92. The number of rotatable bonds is 2. The van der Waals surface area contributed by atoms with Crippen molar-refractivity contribution in [1.82, 2.24) is 5.06 Å². The van der Waals surface area contributed by atoms with E-state index in [1.54, 1.807) is 6.92 Å². The van der Waals surface area contributed by atoms with Crippen LogP contribution in [-0.2, 0) is 19.2 Å². The molecule has 0 spiro atoms. The van der Waals surface area contributed by atoms with E-state index in [0.717, 1.165) is 17.7 Å². The number of carbonyl (C=O) groups excluding carboxylic acids is 1. The van der Waals surface area contributed by atoms with Crippen molar-refractivity contribution in [2.45, 2.75) is 20.3 Å². The summed E-state index contributed by atoms with van der Waals surface area (Å²) in [6.45, 7) is 4.08. The molecule has 0 unspecified atom stereocenters. The Balaban J connectivity index is 2.72. The fourth-order valence-electron chi connectivity index (χ4n) is 1.63. The molecule has 1 saturated heterocycles. The van der Waals surface area contributed by atoms with Gasteiger partial charge in [-0.15, -0.1) is 4.28 Å². The van der Waals surface area contributed by atoms with Gasteiger partial charge >= 0.3 is 0 Å². The van der Waals surface area contributed by atoms with Gasteiger partial charge in [0.25, 0.3) is 10.1 Å². The van der Waals surface area contributed by atoms with E-state index in [1.807, 2.05) is 6.92 Å². The maximum Gasteiger partial charge on any atom is 0.285 e. The molecule has 5 nitrogen and oxygen atoms in total. The monoisotopic (exact) mass is 221 g/mol. The molecule has 2 atom stereocenters. The van der Waals surface area contributed by atoms with Gasteiger partial charge in [-0.1, -0.05) is 13.8 Å². The average molecular weight is 221 g/mol. The zero-order valence-corrected chi connectivity index (χ0v) is 9.37. The number of hydrogen-bond donors (Lipinski definition) is 0. The second kappa shape index (κ2) is 3.86. The van der Waals surface area contributed by atoms with Crippen LogP contribution in [0.3, 0.4) is 0 Å². The largest absolute Gasteiger partial charge is 0.285 e. The lowest BCUT2D eigenvalue weighted by molar-refractivity contribution is -0.169. The van der Waals surface area contributed by atoms with Crippen molar-refractivity contribution in [2.24, 2.45) is 11.8 Å². The summed E-state index contributed by atoms with van der Waals surface area (Å²) in [6, 6.07) is 0. The van der Waals surface area contributed by atoms with Crippen molar-refractivity contribution in [2.75, 3.05) is 12.8 Å². The SMILES string of the molecule is C[C@H]1C[C@@H](C)C(=O)N(OS(C)(=O)=O)C1. The van der Waals surface area contributed by atoms with Crippen LogP contribution in [0.25, 0.3) is 0 Å². The van der Waals surface area contributed by atoms with Gasteiger partial charge in [-0.2, -0.15) is 8.42 Å². The van der Waals surface area contributed by atoms with Crippen LogP contribution in [0.4, 0.5) is 0 Å². The van der Waals surface area contributed by atoms with Gasteiger partial charge < -0.3 is 0 Å². The van der Waals surface area contributed by atoms with Crippen LogP contribution >= 0.6 is 0 Å². The Bertz CT molecular complexity index is 324. The van der Waals surface area contributed by atoms with E-state index in [0.29, 0.717) is 6.54 Å². The first-order valence-corrected chi connectivity index (χ1v) is 6.32. The molecular formula is C8H15NO4S. The summed E-state index contributed by atoms with van der Waals surface area (Å²) in [6.07, 6.45) is 1.71. The Hall–Kier alpha value is -0.620. The number of hydrogen-bond acceptors (Lipinski definition) is 4. The van der Waals surface area contributed by atoms with Crippen LogP contribution < -0.4 is 0 Å². The molecule has 1 heterocycles. The number of piperidine rings is 1. The summed E-state index contributed by atoms with van der Waals surface area (Å²) >= 11 is 0. The molecule has 6 heteroatoms. The van der Waals surface area contributed by atoms with E-state index in [9.17, 15) is 13.2 Å². The maximum atomic E-state index is 11.5. The molecule has 0 radical (unpaired) electrons. The van der Waals surface area contributed by atoms with Crippen molar-refractivity contribution in [3.8, 4) is 0 Å². The Morgan fingerprint density at radius 3 is 2.50 bits per heavy atom. The summed E-state index contributed by atoms with van der Waals surface area (Å²) in [5.41, 5.74) is 0. The van der Waals surface area contributed by atoms with Crippen LogP contribution in [0.5, 0.6) is 0 Å². The molecule has 1 rings (SSSR count). The molecule has 0 aromatic carbocycles. The molecule has 0 aromatic heterocycles. The third-order valence-electron chi connectivity index (χ3n) is 2.13. The van der Waals surface area contributed by atoms with E-state index >= 15 is 0 Å². The molecule has 1 amide bonds. The van der Waals surface area contributed by atoms with Crippen molar-refractivity contribution >= 4 is 16.0 Å². The summed E-state index contributed by atoms with van der Waals surface area (Å²) in [4.78, 5) is 11.5. The van der Waals surface area contributed by atoms with Crippen molar-refractivity contribution in [3.05, 3.63) is 0 Å². The zero-order chi connectivity index (χ0) is 10.9. The van der Waals surface area contributed by atoms with E-state index in [2.05, 4.69) is 4.28 Å². The predicted molar refractivity (Wildman–Crippen MR) is 50.6 cm³/mol. The van der Waals surface area contributed by atoms with Crippen LogP contribution in [0, 0.1) is 11.8 Å². The first-order chi connectivity index (χ1) is 6.29. The van der Waals surface area contributed by atoms with E-state index < -0.39 is 10.1 Å². The lowest BCUT2D eigenvalue weighted by Gasteiger charge is -2.32. The first kappa shape index (κ1) is 11.5. The van der Waals surface area contributed by atoms with Crippen molar-refractivity contribution in [3.63, 3.8) is 0 Å².